The molecule has 1 unspecified atom stereocenters. The third-order valence-corrected chi connectivity index (χ3v) is 4.38. The number of rotatable bonds is 6. The standard InChI is InChI=1S/C19H24N2O2/c1-4-19(3,11-13-22)21-18(23)16-9-7-8-15(14(16)2)17-10-5-6-12-20-17/h5-10,12,22H,4,11,13H2,1-3H3,(H,21,23). The summed E-state index contributed by atoms with van der Waals surface area (Å²) in [5, 5.41) is 12.3. The summed E-state index contributed by atoms with van der Waals surface area (Å²) in [4.78, 5) is 17.1. The molecule has 1 amide bonds. The Labute approximate surface area is 137 Å². The fourth-order valence-electron chi connectivity index (χ4n) is 2.60. The first-order chi connectivity index (χ1) is 11.0. The van der Waals surface area contributed by atoms with Crippen molar-refractivity contribution in [1.82, 2.24) is 10.3 Å². The quantitative estimate of drug-likeness (QED) is 0.860. The highest BCUT2D eigenvalue weighted by Gasteiger charge is 2.25. The smallest absolute Gasteiger partial charge is 0.251 e. The minimum Gasteiger partial charge on any atom is -0.396 e. The maximum atomic E-state index is 12.7. The average molecular weight is 312 g/mol. The zero-order valence-electron chi connectivity index (χ0n) is 14.0. The second kappa shape index (κ2) is 7.38. The predicted octanol–water partition coefficient (Wildman–Crippen LogP) is 3.34. The van der Waals surface area contributed by atoms with Crippen LogP contribution < -0.4 is 5.32 Å². The predicted molar refractivity (Wildman–Crippen MR) is 92.3 cm³/mol. The van der Waals surface area contributed by atoms with Crippen molar-refractivity contribution in [3.63, 3.8) is 0 Å². The molecule has 2 N–H and O–H groups in total. The van der Waals surface area contributed by atoms with Gasteiger partial charge >= 0.3 is 0 Å². The Hall–Kier alpha value is -2.20. The molecule has 0 spiro atoms. The number of nitrogens with one attached hydrogen (secondary N) is 1. The number of hydrogen-bond acceptors (Lipinski definition) is 3. The van der Waals surface area contributed by atoms with Gasteiger partial charge < -0.3 is 10.4 Å². The lowest BCUT2D eigenvalue weighted by Crippen LogP contribution is -2.46. The molecule has 0 saturated carbocycles. The molecule has 23 heavy (non-hydrogen) atoms. The van der Waals surface area contributed by atoms with E-state index in [-0.39, 0.29) is 12.5 Å². The summed E-state index contributed by atoms with van der Waals surface area (Å²) >= 11 is 0. The normalized spacial score (nSPS) is 13.4. The topological polar surface area (TPSA) is 62.2 Å². The van der Waals surface area contributed by atoms with Gasteiger partial charge in [-0.25, -0.2) is 0 Å². The second-order valence-electron chi connectivity index (χ2n) is 6.04. The number of pyridine rings is 1. The van der Waals surface area contributed by atoms with Crippen molar-refractivity contribution in [2.24, 2.45) is 0 Å². The van der Waals surface area contributed by atoms with Crippen molar-refractivity contribution in [3.8, 4) is 11.3 Å². The van der Waals surface area contributed by atoms with Gasteiger partial charge in [0, 0.05) is 29.5 Å². The largest absolute Gasteiger partial charge is 0.396 e. The number of aliphatic hydroxyl groups excluding tert-OH is 1. The summed E-state index contributed by atoms with van der Waals surface area (Å²) < 4.78 is 0. The Morgan fingerprint density at radius 1 is 1.26 bits per heavy atom. The van der Waals surface area contributed by atoms with Gasteiger partial charge in [-0.15, -0.1) is 0 Å². The third kappa shape index (κ3) is 3.96. The van der Waals surface area contributed by atoms with E-state index in [4.69, 9.17) is 0 Å². The Morgan fingerprint density at radius 2 is 2.04 bits per heavy atom. The van der Waals surface area contributed by atoms with E-state index in [0.29, 0.717) is 12.0 Å². The zero-order valence-corrected chi connectivity index (χ0v) is 14.0. The number of aliphatic hydroxyl groups is 1. The van der Waals surface area contributed by atoms with E-state index in [0.717, 1.165) is 23.2 Å². The summed E-state index contributed by atoms with van der Waals surface area (Å²) in [7, 11) is 0. The first-order valence-corrected chi connectivity index (χ1v) is 7.95. The molecule has 1 aromatic heterocycles. The molecule has 1 aromatic carbocycles. The van der Waals surface area contributed by atoms with Gasteiger partial charge in [-0.1, -0.05) is 25.1 Å². The lowest BCUT2D eigenvalue weighted by atomic mass is 9.93. The summed E-state index contributed by atoms with van der Waals surface area (Å²) in [6.45, 7) is 5.96. The van der Waals surface area contributed by atoms with E-state index in [1.807, 2.05) is 57.2 Å². The molecule has 0 aliphatic carbocycles. The molecule has 0 aliphatic rings. The molecule has 2 rings (SSSR count). The number of carbonyl (C=O) groups is 1. The summed E-state index contributed by atoms with van der Waals surface area (Å²) in [5.74, 6) is -0.113. The molecule has 4 heteroatoms. The first-order valence-electron chi connectivity index (χ1n) is 7.95. The van der Waals surface area contributed by atoms with Gasteiger partial charge in [-0.3, -0.25) is 9.78 Å². The molecule has 4 nitrogen and oxygen atoms in total. The molecule has 0 saturated heterocycles. The van der Waals surface area contributed by atoms with Crippen LogP contribution >= 0.6 is 0 Å². The van der Waals surface area contributed by atoms with Crippen LogP contribution in [0.3, 0.4) is 0 Å². The van der Waals surface area contributed by atoms with E-state index in [1.54, 1.807) is 6.20 Å². The molecule has 1 heterocycles. The van der Waals surface area contributed by atoms with Gasteiger partial charge in [0.15, 0.2) is 0 Å². The molecule has 0 bridgehead atoms. The van der Waals surface area contributed by atoms with Crippen LogP contribution in [0.2, 0.25) is 0 Å². The van der Waals surface area contributed by atoms with Crippen molar-refractivity contribution < 1.29 is 9.90 Å². The zero-order chi connectivity index (χ0) is 16.9. The monoisotopic (exact) mass is 312 g/mol. The molecule has 2 aromatic rings. The number of benzene rings is 1. The Balaban J connectivity index is 2.32. The maximum Gasteiger partial charge on any atom is 0.251 e. The summed E-state index contributed by atoms with van der Waals surface area (Å²) in [5.41, 5.74) is 2.96. The van der Waals surface area contributed by atoms with Crippen LogP contribution in [-0.4, -0.2) is 28.1 Å². The molecule has 1 atom stereocenters. The highest BCUT2D eigenvalue weighted by Crippen LogP contribution is 2.24. The number of amides is 1. The van der Waals surface area contributed by atoms with Gasteiger partial charge in [0.25, 0.3) is 5.91 Å². The third-order valence-electron chi connectivity index (χ3n) is 4.38. The van der Waals surface area contributed by atoms with Gasteiger partial charge in [0.05, 0.1) is 5.69 Å². The van der Waals surface area contributed by atoms with Crippen molar-refractivity contribution in [2.45, 2.75) is 39.2 Å². The Bertz CT molecular complexity index is 670. The van der Waals surface area contributed by atoms with Crippen LogP contribution in [0.5, 0.6) is 0 Å². The van der Waals surface area contributed by atoms with Crippen molar-refractivity contribution >= 4 is 5.91 Å². The highest BCUT2D eigenvalue weighted by atomic mass is 16.3. The summed E-state index contributed by atoms with van der Waals surface area (Å²) in [6, 6.07) is 11.4. The molecular formula is C19H24N2O2. The lowest BCUT2D eigenvalue weighted by Gasteiger charge is -2.29. The first kappa shape index (κ1) is 17.2. The average Bonchev–Trinajstić information content (AvgIpc) is 2.56. The lowest BCUT2D eigenvalue weighted by molar-refractivity contribution is 0.0885. The fraction of sp³-hybridized carbons (Fsp3) is 0.368. The molecular weight excluding hydrogens is 288 g/mol. The molecule has 0 radical (unpaired) electrons. The minimum atomic E-state index is -0.403. The Kier molecular flexibility index (Phi) is 5.50. The van der Waals surface area contributed by atoms with Gasteiger partial charge in [-0.05, 0) is 50.5 Å². The van der Waals surface area contributed by atoms with E-state index >= 15 is 0 Å². The van der Waals surface area contributed by atoms with Crippen molar-refractivity contribution in [2.75, 3.05) is 6.61 Å². The van der Waals surface area contributed by atoms with E-state index in [1.165, 1.54) is 0 Å². The van der Waals surface area contributed by atoms with E-state index in [9.17, 15) is 9.90 Å². The van der Waals surface area contributed by atoms with Gasteiger partial charge in [-0.2, -0.15) is 0 Å². The maximum absolute atomic E-state index is 12.7. The second-order valence-corrected chi connectivity index (χ2v) is 6.04. The summed E-state index contributed by atoms with van der Waals surface area (Å²) in [6.07, 6.45) is 3.05. The Morgan fingerprint density at radius 3 is 2.65 bits per heavy atom. The number of aromatic nitrogens is 1. The van der Waals surface area contributed by atoms with Gasteiger partial charge in [0.1, 0.15) is 0 Å². The van der Waals surface area contributed by atoms with Crippen molar-refractivity contribution in [3.05, 3.63) is 53.7 Å². The van der Waals surface area contributed by atoms with Crippen LogP contribution in [0.4, 0.5) is 0 Å². The van der Waals surface area contributed by atoms with Crippen LogP contribution in [0.1, 0.15) is 42.6 Å². The van der Waals surface area contributed by atoms with Crippen molar-refractivity contribution in [1.29, 1.82) is 0 Å². The number of carbonyl (C=O) groups excluding carboxylic acids is 1. The van der Waals surface area contributed by atoms with Crippen LogP contribution in [-0.2, 0) is 0 Å². The fourth-order valence-corrected chi connectivity index (χ4v) is 2.60. The van der Waals surface area contributed by atoms with Crippen LogP contribution in [0.15, 0.2) is 42.6 Å². The molecule has 0 fully saturated rings. The van der Waals surface area contributed by atoms with E-state index < -0.39 is 5.54 Å². The molecule has 0 aliphatic heterocycles. The highest BCUT2D eigenvalue weighted by molar-refractivity contribution is 5.97. The van der Waals surface area contributed by atoms with E-state index in [2.05, 4.69) is 10.3 Å². The SMILES string of the molecule is CCC(C)(CCO)NC(=O)c1cccc(-c2ccccn2)c1C. The number of nitrogens with zero attached hydrogens (tertiary/aromatic N) is 1. The van der Waals surface area contributed by atoms with Crippen LogP contribution in [0.25, 0.3) is 11.3 Å². The number of hydrogen-bond donors (Lipinski definition) is 2. The minimum absolute atomic E-state index is 0.0532. The van der Waals surface area contributed by atoms with Gasteiger partial charge in [0.2, 0.25) is 0 Å². The van der Waals surface area contributed by atoms with Crippen LogP contribution in [0, 0.1) is 6.92 Å². The molecule has 122 valence electrons.